The molecular weight excluding hydrogens is 278 g/mol. The maximum Gasteiger partial charge on any atom is 0.315 e. The Balaban J connectivity index is 3.36. The number of phenols is 1. The van der Waals surface area contributed by atoms with Crippen molar-refractivity contribution in [1.29, 1.82) is 5.26 Å². The lowest BCUT2D eigenvalue weighted by atomic mass is 10.0. The summed E-state index contributed by atoms with van der Waals surface area (Å²) in [6.07, 6.45) is 0. The molecule has 0 fully saturated rings. The van der Waals surface area contributed by atoms with Crippen molar-refractivity contribution in [3.8, 4) is 17.6 Å². The molecule has 0 amide bonds. The summed E-state index contributed by atoms with van der Waals surface area (Å²) in [6, 6.07) is 3.79. The summed E-state index contributed by atoms with van der Waals surface area (Å²) in [5.74, 6) is -0.646. The van der Waals surface area contributed by atoms with Crippen LogP contribution in [0, 0.1) is 21.4 Å². The average Bonchev–Trinajstić information content (AvgIpc) is 2.47. The van der Waals surface area contributed by atoms with E-state index in [0.717, 1.165) is 6.07 Å². The van der Waals surface area contributed by atoms with Gasteiger partial charge < -0.3 is 14.9 Å². The Morgan fingerprint density at radius 3 is 2.67 bits per heavy atom. The maximum atomic E-state index is 11.0. The highest BCUT2D eigenvalue weighted by molar-refractivity contribution is 5.58. The van der Waals surface area contributed by atoms with Gasteiger partial charge in [-0.1, -0.05) is 6.92 Å². The quantitative estimate of drug-likeness (QED) is 0.572. The van der Waals surface area contributed by atoms with E-state index in [1.165, 1.54) is 13.2 Å². The number of rotatable bonds is 7. The molecule has 1 atom stereocenters. The van der Waals surface area contributed by atoms with E-state index in [1.807, 2.05) is 13.0 Å². The van der Waals surface area contributed by atoms with E-state index in [-0.39, 0.29) is 18.9 Å². The zero-order valence-corrected chi connectivity index (χ0v) is 11.8. The minimum atomic E-state index is -0.782. The summed E-state index contributed by atoms with van der Waals surface area (Å²) in [6.45, 7) is 2.41. The smallest absolute Gasteiger partial charge is 0.315 e. The van der Waals surface area contributed by atoms with E-state index >= 15 is 0 Å². The van der Waals surface area contributed by atoms with Crippen LogP contribution in [0.15, 0.2) is 12.1 Å². The van der Waals surface area contributed by atoms with Gasteiger partial charge in [0.15, 0.2) is 5.75 Å². The fourth-order valence-electron chi connectivity index (χ4n) is 2.03. The van der Waals surface area contributed by atoms with Crippen molar-refractivity contribution >= 4 is 5.69 Å². The molecule has 1 aromatic rings. The predicted molar refractivity (Wildman–Crippen MR) is 74.0 cm³/mol. The predicted octanol–water partition coefficient (Wildman–Crippen LogP) is 1.19. The molecule has 0 bridgehead atoms. The number of aromatic hydroxyl groups is 1. The molecular formula is C13H17N3O5. The van der Waals surface area contributed by atoms with Gasteiger partial charge in [0.2, 0.25) is 5.75 Å². The molecule has 0 heterocycles. The van der Waals surface area contributed by atoms with Crippen LogP contribution in [-0.4, -0.2) is 46.8 Å². The summed E-state index contributed by atoms with van der Waals surface area (Å²) in [7, 11) is 1.27. The van der Waals surface area contributed by atoms with Crippen molar-refractivity contribution in [2.45, 2.75) is 13.0 Å². The molecule has 8 nitrogen and oxygen atoms in total. The van der Waals surface area contributed by atoms with Crippen LogP contribution in [-0.2, 0) is 0 Å². The van der Waals surface area contributed by atoms with Crippen LogP contribution in [0.1, 0.15) is 18.5 Å². The second-order valence-corrected chi connectivity index (χ2v) is 4.23. The highest BCUT2D eigenvalue weighted by Crippen LogP contribution is 2.39. The van der Waals surface area contributed by atoms with Gasteiger partial charge in [-0.25, -0.2) is 0 Å². The topological polar surface area (TPSA) is 120 Å². The molecule has 0 aliphatic heterocycles. The van der Waals surface area contributed by atoms with Gasteiger partial charge in [-0.05, 0) is 18.2 Å². The number of nitro benzene ring substituents is 1. The van der Waals surface area contributed by atoms with Crippen LogP contribution in [0.4, 0.5) is 5.69 Å². The standard InChI is InChI=1S/C13H17N3O5/c1-3-15(4-5-17)11(8-14)9-6-10(16(19)20)13(18)12(7-9)21-2/h6-7,11,17-18H,3-5H2,1-2H3. The van der Waals surface area contributed by atoms with Gasteiger partial charge in [-0.2, -0.15) is 5.26 Å². The molecule has 1 unspecified atom stereocenters. The van der Waals surface area contributed by atoms with E-state index in [9.17, 15) is 20.5 Å². The summed E-state index contributed by atoms with van der Waals surface area (Å²) in [4.78, 5) is 11.9. The van der Waals surface area contributed by atoms with Crippen molar-refractivity contribution in [3.05, 3.63) is 27.8 Å². The van der Waals surface area contributed by atoms with E-state index in [4.69, 9.17) is 9.84 Å². The van der Waals surface area contributed by atoms with Gasteiger partial charge in [0, 0.05) is 12.6 Å². The molecule has 2 N–H and O–H groups in total. The third-order valence-corrected chi connectivity index (χ3v) is 3.09. The molecule has 1 rings (SSSR count). The summed E-state index contributed by atoms with van der Waals surface area (Å²) in [5, 5.41) is 39.1. The van der Waals surface area contributed by atoms with Gasteiger partial charge in [0.05, 0.1) is 24.7 Å². The first-order chi connectivity index (χ1) is 9.99. The molecule has 1 aromatic carbocycles. The number of nitriles is 1. The van der Waals surface area contributed by atoms with Gasteiger partial charge >= 0.3 is 5.69 Å². The van der Waals surface area contributed by atoms with Crippen molar-refractivity contribution in [1.82, 2.24) is 4.90 Å². The molecule has 21 heavy (non-hydrogen) atoms. The number of nitrogens with zero attached hydrogens (tertiary/aromatic N) is 3. The first-order valence-corrected chi connectivity index (χ1v) is 6.29. The average molecular weight is 295 g/mol. The van der Waals surface area contributed by atoms with E-state index < -0.39 is 22.4 Å². The fourth-order valence-corrected chi connectivity index (χ4v) is 2.03. The molecule has 0 spiro atoms. The Labute approximate surface area is 121 Å². The molecule has 8 heteroatoms. The zero-order chi connectivity index (χ0) is 16.0. The van der Waals surface area contributed by atoms with Crippen LogP contribution in [0.2, 0.25) is 0 Å². The van der Waals surface area contributed by atoms with Gasteiger partial charge in [-0.15, -0.1) is 0 Å². The van der Waals surface area contributed by atoms with Crippen LogP contribution >= 0.6 is 0 Å². The lowest BCUT2D eigenvalue weighted by molar-refractivity contribution is -0.386. The first kappa shape index (κ1) is 16.7. The Hall–Kier alpha value is -2.37. The van der Waals surface area contributed by atoms with E-state index in [1.54, 1.807) is 4.90 Å². The highest BCUT2D eigenvalue weighted by atomic mass is 16.6. The van der Waals surface area contributed by atoms with E-state index in [2.05, 4.69) is 0 Å². The molecule has 114 valence electrons. The number of hydrogen-bond donors (Lipinski definition) is 2. The zero-order valence-electron chi connectivity index (χ0n) is 11.8. The van der Waals surface area contributed by atoms with E-state index in [0.29, 0.717) is 12.1 Å². The van der Waals surface area contributed by atoms with Gasteiger partial charge in [0.1, 0.15) is 6.04 Å². The lowest BCUT2D eigenvalue weighted by Gasteiger charge is -2.25. The SMILES string of the molecule is CCN(CCO)C(C#N)c1cc(OC)c(O)c([N+](=O)[O-])c1. The molecule has 0 saturated carbocycles. The molecule has 0 aliphatic carbocycles. The number of methoxy groups -OCH3 is 1. The van der Waals surface area contributed by atoms with Crippen molar-refractivity contribution in [2.75, 3.05) is 26.8 Å². The number of likely N-dealkylation sites (N-methyl/N-ethyl adjacent to an activating group) is 1. The third kappa shape index (κ3) is 3.59. The Bertz CT molecular complexity index is 555. The van der Waals surface area contributed by atoms with Crippen molar-refractivity contribution in [3.63, 3.8) is 0 Å². The Kier molecular flexibility index (Phi) is 5.90. The number of aliphatic hydroxyl groups excluding tert-OH is 1. The number of ether oxygens (including phenoxy) is 1. The highest BCUT2D eigenvalue weighted by Gasteiger charge is 2.26. The maximum absolute atomic E-state index is 11.0. The second kappa shape index (κ2) is 7.42. The minimum Gasteiger partial charge on any atom is -0.500 e. The third-order valence-electron chi connectivity index (χ3n) is 3.09. The molecule has 0 saturated heterocycles. The number of aliphatic hydroxyl groups is 1. The second-order valence-electron chi connectivity index (χ2n) is 4.23. The Morgan fingerprint density at radius 2 is 2.24 bits per heavy atom. The molecule has 0 aliphatic rings. The van der Waals surface area contributed by atoms with Gasteiger partial charge in [0.25, 0.3) is 0 Å². The van der Waals surface area contributed by atoms with Crippen molar-refractivity contribution in [2.24, 2.45) is 0 Å². The largest absolute Gasteiger partial charge is 0.500 e. The molecule has 0 aromatic heterocycles. The Morgan fingerprint density at radius 1 is 1.57 bits per heavy atom. The number of hydrogen-bond acceptors (Lipinski definition) is 7. The van der Waals surface area contributed by atoms with Crippen molar-refractivity contribution < 1.29 is 19.9 Å². The number of benzene rings is 1. The van der Waals surface area contributed by atoms with Crippen LogP contribution < -0.4 is 4.74 Å². The normalized spacial score (nSPS) is 12.0. The molecule has 0 radical (unpaired) electrons. The first-order valence-electron chi connectivity index (χ1n) is 6.29. The number of nitro groups is 1. The monoisotopic (exact) mass is 295 g/mol. The summed E-state index contributed by atoms with van der Waals surface area (Å²) in [5.41, 5.74) is -0.196. The minimum absolute atomic E-state index is 0.0699. The number of phenolic OH excluding ortho intramolecular Hbond substituents is 1. The van der Waals surface area contributed by atoms with Crippen LogP contribution in [0.3, 0.4) is 0 Å². The lowest BCUT2D eigenvalue weighted by Crippen LogP contribution is -2.30. The summed E-state index contributed by atoms with van der Waals surface area (Å²) < 4.78 is 4.91. The van der Waals surface area contributed by atoms with Gasteiger partial charge in [-0.3, -0.25) is 15.0 Å². The summed E-state index contributed by atoms with van der Waals surface area (Å²) >= 11 is 0. The van der Waals surface area contributed by atoms with Crippen LogP contribution in [0.25, 0.3) is 0 Å². The fraction of sp³-hybridized carbons (Fsp3) is 0.462. The van der Waals surface area contributed by atoms with Crippen LogP contribution in [0.5, 0.6) is 11.5 Å².